The lowest BCUT2D eigenvalue weighted by molar-refractivity contribution is 0.0831. The van der Waals surface area contributed by atoms with Crippen LogP contribution in [0.1, 0.15) is 39.9 Å². The van der Waals surface area contributed by atoms with E-state index in [0.29, 0.717) is 28.7 Å². The molecule has 0 saturated heterocycles. The van der Waals surface area contributed by atoms with Gasteiger partial charge in [-0.15, -0.1) is 0 Å². The fourth-order valence-corrected chi connectivity index (χ4v) is 4.00. The molecule has 2 atom stereocenters. The van der Waals surface area contributed by atoms with Crippen LogP contribution in [0.2, 0.25) is 0 Å². The maximum absolute atomic E-state index is 12.9. The first-order chi connectivity index (χ1) is 11.6. The van der Waals surface area contributed by atoms with Gasteiger partial charge in [0, 0.05) is 23.1 Å². The molecule has 3 aromatic carbocycles. The van der Waals surface area contributed by atoms with Crippen LogP contribution in [0.15, 0.2) is 48.5 Å². The molecular weight excluding hydrogens is 304 g/mol. The minimum Gasteiger partial charge on any atom is -0.508 e. The Morgan fingerprint density at radius 1 is 0.958 bits per heavy atom. The second-order valence-electron chi connectivity index (χ2n) is 6.36. The predicted octanol–water partition coefficient (Wildman–Crippen LogP) is 4.05. The fourth-order valence-electron chi connectivity index (χ4n) is 4.00. The molecule has 3 aromatic rings. The van der Waals surface area contributed by atoms with Crippen LogP contribution in [0.5, 0.6) is 17.2 Å². The van der Waals surface area contributed by atoms with Crippen molar-refractivity contribution < 1.29 is 19.7 Å². The van der Waals surface area contributed by atoms with Crippen molar-refractivity contribution in [2.45, 2.75) is 18.4 Å². The maximum Gasteiger partial charge on any atom is 0.171 e. The monoisotopic (exact) mass is 318 g/mol. The molecular formula is C20H14O4. The van der Waals surface area contributed by atoms with E-state index in [1.54, 1.807) is 30.3 Å². The van der Waals surface area contributed by atoms with Crippen molar-refractivity contribution in [2.24, 2.45) is 0 Å². The molecule has 0 unspecified atom stereocenters. The maximum atomic E-state index is 12.9. The van der Waals surface area contributed by atoms with Gasteiger partial charge in [-0.3, -0.25) is 4.79 Å². The number of fused-ring (bicyclic) bond motifs is 8. The number of aromatic hydroxyl groups is 2. The average molecular weight is 318 g/mol. The number of ether oxygens (including phenoxy) is 1. The van der Waals surface area contributed by atoms with Gasteiger partial charge in [0.05, 0.1) is 11.3 Å². The zero-order valence-electron chi connectivity index (χ0n) is 12.7. The summed E-state index contributed by atoms with van der Waals surface area (Å²) >= 11 is 0. The first-order valence-electron chi connectivity index (χ1n) is 7.92. The van der Waals surface area contributed by atoms with Gasteiger partial charge in [0.1, 0.15) is 23.4 Å². The van der Waals surface area contributed by atoms with E-state index < -0.39 is 0 Å². The first kappa shape index (κ1) is 13.4. The number of carbonyl (C=O) groups excluding carboxylic acids is 1. The van der Waals surface area contributed by atoms with E-state index in [-0.39, 0.29) is 29.3 Å². The summed E-state index contributed by atoms with van der Waals surface area (Å²) < 4.78 is 6.18. The summed E-state index contributed by atoms with van der Waals surface area (Å²) in [4.78, 5) is 12.9. The normalized spacial score (nSPS) is 21.1. The molecule has 1 aliphatic heterocycles. The van der Waals surface area contributed by atoms with Crippen LogP contribution < -0.4 is 4.74 Å². The summed E-state index contributed by atoms with van der Waals surface area (Å²) in [5, 5.41) is 22.0. The lowest BCUT2D eigenvalue weighted by Crippen LogP contribution is -2.31. The van der Waals surface area contributed by atoms with E-state index in [1.807, 2.05) is 18.2 Å². The molecule has 4 heteroatoms. The van der Waals surface area contributed by atoms with E-state index in [4.69, 9.17) is 4.74 Å². The van der Waals surface area contributed by atoms with Gasteiger partial charge in [-0.1, -0.05) is 36.4 Å². The van der Waals surface area contributed by atoms with E-state index in [9.17, 15) is 15.0 Å². The standard InChI is InChI=1S/C20H14O4/c21-14-5-1-3-10-7-8-11-13-9-16(24-20(11)17(10)14)18-12(19(13)23)4-2-6-15(18)22/h1-8,13,16,21-22H,9H2/t13-,16-/m1/s1. The molecule has 0 spiro atoms. The second kappa shape index (κ2) is 4.51. The zero-order chi connectivity index (χ0) is 16.4. The van der Waals surface area contributed by atoms with Crippen LogP contribution in [0.4, 0.5) is 0 Å². The lowest BCUT2D eigenvalue weighted by Gasteiger charge is -2.37. The summed E-state index contributed by atoms with van der Waals surface area (Å²) in [6.45, 7) is 0. The summed E-state index contributed by atoms with van der Waals surface area (Å²) in [5.74, 6) is 0.453. The summed E-state index contributed by atoms with van der Waals surface area (Å²) in [6, 6.07) is 14.1. The highest BCUT2D eigenvalue weighted by Gasteiger charge is 2.42. The Morgan fingerprint density at radius 3 is 2.62 bits per heavy atom. The molecule has 0 aromatic heterocycles. The highest BCUT2D eigenvalue weighted by molar-refractivity contribution is 6.06. The quantitative estimate of drug-likeness (QED) is 0.656. The number of phenols is 2. The van der Waals surface area contributed by atoms with Gasteiger partial charge in [0.2, 0.25) is 0 Å². The predicted molar refractivity (Wildman–Crippen MR) is 88.8 cm³/mol. The third-order valence-corrected chi connectivity index (χ3v) is 5.08. The number of rotatable bonds is 0. The van der Waals surface area contributed by atoms with Gasteiger partial charge in [-0.25, -0.2) is 0 Å². The van der Waals surface area contributed by atoms with Crippen molar-refractivity contribution in [1.82, 2.24) is 0 Å². The third kappa shape index (κ3) is 1.60. The Kier molecular flexibility index (Phi) is 2.52. The molecule has 2 aliphatic rings. The van der Waals surface area contributed by atoms with E-state index in [2.05, 4.69) is 0 Å². The number of Topliss-reactive ketones (excluding diaryl/α,β-unsaturated/α-hetero) is 1. The van der Waals surface area contributed by atoms with Gasteiger partial charge in [0.25, 0.3) is 0 Å². The smallest absolute Gasteiger partial charge is 0.171 e. The fraction of sp³-hybridized carbons (Fsp3) is 0.150. The third-order valence-electron chi connectivity index (χ3n) is 5.08. The molecule has 118 valence electrons. The first-order valence-corrected chi connectivity index (χ1v) is 7.92. The molecule has 1 aliphatic carbocycles. The van der Waals surface area contributed by atoms with Crippen LogP contribution >= 0.6 is 0 Å². The highest BCUT2D eigenvalue weighted by Crippen LogP contribution is 2.53. The van der Waals surface area contributed by atoms with E-state index >= 15 is 0 Å². The van der Waals surface area contributed by atoms with E-state index in [1.165, 1.54) is 0 Å². The molecule has 0 amide bonds. The molecule has 24 heavy (non-hydrogen) atoms. The SMILES string of the molecule is O=C1c2cccc(O)c2[C@H]2C[C@@H]1c1ccc3cccc(O)c3c1O2. The van der Waals surface area contributed by atoms with Crippen molar-refractivity contribution in [2.75, 3.05) is 0 Å². The van der Waals surface area contributed by atoms with Gasteiger partial charge >= 0.3 is 0 Å². The number of phenolic OH excluding ortho intramolecular Hbond substituents is 2. The van der Waals surface area contributed by atoms with Crippen LogP contribution in [0, 0.1) is 0 Å². The van der Waals surface area contributed by atoms with Gasteiger partial charge < -0.3 is 14.9 Å². The highest BCUT2D eigenvalue weighted by atomic mass is 16.5. The van der Waals surface area contributed by atoms with Gasteiger partial charge in [-0.2, -0.15) is 0 Å². The van der Waals surface area contributed by atoms with Crippen LogP contribution in [-0.4, -0.2) is 16.0 Å². The Labute approximate surface area is 137 Å². The molecule has 5 rings (SSSR count). The summed E-state index contributed by atoms with van der Waals surface area (Å²) in [5.41, 5.74) is 1.88. The largest absolute Gasteiger partial charge is 0.508 e. The van der Waals surface area contributed by atoms with Crippen LogP contribution in [-0.2, 0) is 0 Å². The summed E-state index contributed by atoms with van der Waals surface area (Å²) in [6.07, 6.45) is 0.122. The van der Waals surface area contributed by atoms with Crippen LogP contribution in [0.3, 0.4) is 0 Å². The number of benzene rings is 3. The van der Waals surface area contributed by atoms with Crippen LogP contribution in [0.25, 0.3) is 10.8 Å². The molecule has 4 nitrogen and oxygen atoms in total. The number of hydrogen-bond donors (Lipinski definition) is 2. The Bertz CT molecular complexity index is 1020. The minimum absolute atomic E-state index is 0.00327. The Balaban J connectivity index is 1.81. The number of hydrogen-bond acceptors (Lipinski definition) is 4. The molecule has 1 heterocycles. The van der Waals surface area contributed by atoms with Gasteiger partial charge in [0.15, 0.2) is 5.78 Å². The van der Waals surface area contributed by atoms with Crippen molar-refractivity contribution in [3.05, 3.63) is 65.2 Å². The van der Waals surface area contributed by atoms with Crippen molar-refractivity contribution in [3.8, 4) is 17.2 Å². The van der Waals surface area contributed by atoms with E-state index in [0.717, 1.165) is 10.9 Å². The lowest BCUT2D eigenvalue weighted by atomic mass is 9.74. The zero-order valence-corrected chi connectivity index (χ0v) is 12.7. The topological polar surface area (TPSA) is 66.8 Å². The molecule has 0 fully saturated rings. The average Bonchev–Trinajstić information content (AvgIpc) is 2.59. The molecule has 2 bridgehead atoms. The Hall–Kier alpha value is -3.01. The molecule has 0 saturated carbocycles. The molecule has 0 radical (unpaired) electrons. The number of ketones is 1. The van der Waals surface area contributed by atoms with Gasteiger partial charge in [-0.05, 0) is 17.5 Å². The second-order valence-corrected chi connectivity index (χ2v) is 6.36. The number of carbonyl (C=O) groups is 1. The van der Waals surface area contributed by atoms with Crippen molar-refractivity contribution in [1.29, 1.82) is 0 Å². The molecule has 2 N–H and O–H groups in total. The Morgan fingerprint density at radius 2 is 1.75 bits per heavy atom. The van der Waals surface area contributed by atoms with Crippen molar-refractivity contribution in [3.63, 3.8) is 0 Å². The summed E-state index contributed by atoms with van der Waals surface area (Å²) in [7, 11) is 0. The van der Waals surface area contributed by atoms with Crippen molar-refractivity contribution >= 4 is 16.6 Å². The minimum atomic E-state index is -0.387.